The van der Waals surface area contributed by atoms with Crippen molar-refractivity contribution in [1.29, 1.82) is 0 Å². The molecule has 0 spiro atoms. The zero-order chi connectivity index (χ0) is 22.9. The number of methoxy groups -OCH3 is 1. The van der Waals surface area contributed by atoms with Crippen molar-refractivity contribution >= 4 is 31.8 Å². The molecular weight excluding hydrogens is 492 g/mol. The second-order valence-corrected chi connectivity index (χ2v) is 10.6. The van der Waals surface area contributed by atoms with E-state index in [0.717, 1.165) is 22.6 Å². The highest BCUT2D eigenvalue weighted by atomic mass is 79.9. The van der Waals surface area contributed by atoms with Crippen LogP contribution in [0.1, 0.15) is 11.1 Å². The lowest BCUT2D eigenvalue weighted by atomic mass is 10.0. The molecule has 7 nitrogen and oxygen atoms in total. The van der Waals surface area contributed by atoms with Crippen LogP contribution in [0, 0.1) is 13.8 Å². The fraction of sp³-hybridized carbons (Fsp3) is 0.304. The Balaban J connectivity index is 1.47. The number of benzene rings is 2. The normalized spacial score (nSPS) is 15.1. The molecule has 9 heteroatoms. The van der Waals surface area contributed by atoms with E-state index < -0.39 is 10.0 Å². The molecule has 0 radical (unpaired) electrons. The summed E-state index contributed by atoms with van der Waals surface area (Å²) in [5.41, 5.74) is 4.26. The van der Waals surface area contributed by atoms with Crippen LogP contribution in [0.2, 0.25) is 0 Å². The molecule has 0 amide bonds. The maximum absolute atomic E-state index is 13.2. The Labute approximate surface area is 197 Å². The van der Waals surface area contributed by atoms with Crippen LogP contribution in [0.3, 0.4) is 0 Å². The summed E-state index contributed by atoms with van der Waals surface area (Å²) in [6.45, 7) is 5.92. The molecule has 0 bridgehead atoms. The monoisotopic (exact) mass is 516 g/mol. The molecule has 1 aliphatic heterocycles. The van der Waals surface area contributed by atoms with Crippen LogP contribution in [0.25, 0.3) is 11.3 Å². The molecule has 0 N–H and O–H groups in total. The molecule has 2 heterocycles. The fourth-order valence-corrected chi connectivity index (χ4v) is 6.00. The third-order valence-electron chi connectivity index (χ3n) is 5.61. The number of hydrogen-bond donors (Lipinski definition) is 0. The van der Waals surface area contributed by atoms with Gasteiger partial charge in [0.05, 0.1) is 12.8 Å². The number of anilines is 1. The van der Waals surface area contributed by atoms with Crippen LogP contribution in [-0.2, 0) is 10.0 Å². The first-order valence-electron chi connectivity index (χ1n) is 10.3. The van der Waals surface area contributed by atoms with Crippen molar-refractivity contribution in [2.24, 2.45) is 0 Å². The molecule has 1 aliphatic rings. The second-order valence-electron chi connectivity index (χ2n) is 7.78. The Kier molecular flexibility index (Phi) is 6.50. The van der Waals surface area contributed by atoms with Gasteiger partial charge in [0.2, 0.25) is 10.0 Å². The zero-order valence-electron chi connectivity index (χ0n) is 18.2. The SMILES string of the molecule is COc1ccc(Br)cc1S(=O)(=O)N1CCN(c2ccc(-c3ccc(C)cc3C)nn2)CC1. The van der Waals surface area contributed by atoms with Gasteiger partial charge in [-0.1, -0.05) is 39.7 Å². The van der Waals surface area contributed by atoms with Crippen molar-refractivity contribution < 1.29 is 13.2 Å². The van der Waals surface area contributed by atoms with Crippen LogP contribution in [-0.4, -0.2) is 56.2 Å². The minimum Gasteiger partial charge on any atom is -0.495 e. The zero-order valence-corrected chi connectivity index (χ0v) is 20.6. The number of piperazine rings is 1. The molecule has 1 fully saturated rings. The highest BCUT2D eigenvalue weighted by Crippen LogP contribution is 2.31. The van der Waals surface area contributed by atoms with Crippen LogP contribution >= 0.6 is 15.9 Å². The molecule has 1 saturated heterocycles. The van der Waals surface area contributed by atoms with E-state index in [1.54, 1.807) is 18.2 Å². The van der Waals surface area contributed by atoms with Crippen molar-refractivity contribution in [3.05, 3.63) is 64.1 Å². The lowest BCUT2D eigenvalue weighted by molar-refractivity contribution is 0.373. The molecule has 4 rings (SSSR count). The number of aromatic nitrogens is 2. The predicted octanol–water partition coefficient (Wildman–Crippen LogP) is 4.04. The van der Waals surface area contributed by atoms with Gasteiger partial charge >= 0.3 is 0 Å². The summed E-state index contributed by atoms with van der Waals surface area (Å²) < 4.78 is 33.9. The third kappa shape index (κ3) is 4.51. The average Bonchev–Trinajstić information content (AvgIpc) is 2.79. The lowest BCUT2D eigenvalue weighted by Crippen LogP contribution is -2.49. The lowest BCUT2D eigenvalue weighted by Gasteiger charge is -2.34. The Hall–Kier alpha value is -2.49. The van der Waals surface area contributed by atoms with Gasteiger partial charge in [0.25, 0.3) is 0 Å². The molecule has 0 unspecified atom stereocenters. The van der Waals surface area contributed by atoms with E-state index in [0.29, 0.717) is 36.4 Å². The summed E-state index contributed by atoms with van der Waals surface area (Å²) in [5.74, 6) is 1.08. The van der Waals surface area contributed by atoms with Gasteiger partial charge in [-0.05, 0) is 49.7 Å². The highest BCUT2D eigenvalue weighted by Gasteiger charge is 2.31. The van der Waals surface area contributed by atoms with Gasteiger partial charge in [-0.15, -0.1) is 10.2 Å². The van der Waals surface area contributed by atoms with E-state index in [1.807, 2.05) is 12.1 Å². The van der Waals surface area contributed by atoms with Crippen molar-refractivity contribution in [2.45, 2.75) is 18.7 Å². The number of hydrogen-bond acceptors (Lipinski definition) is 6. The quantitative estimate of drug-likeness (QED) is 0.509. The van der Waals surface area contributed by atoms with Gasteiger partial charge in [-0.3, -0.25) is 0 Å². The molecule has 0 saturated carbocycles. The van der Waals surface area contributed by atoms with Crippen LogP contribution in [0.15, 0.2) is 57.9 Å². The molecule has 1 aromatic heterocycles. The Morgan fingerprint density at radius 1 is 0.938 bits per heavy atom. The summed E-state index contributed by atoms with van der Waals surface area (Å²) in [6.07, 6.45) is 0. The maximum atomic E-state index is 13.2. The van der Waals surface area contributed by atoms with Crippen LogP contribution in [0.5, 0.6) is 5.75 Å². The van der Waals surface area contributed by atoms with Gasteiger partial charge in [-0.2, -0.15) is 4.31 Å². The van der Waals surface area contributed by atoms with Gasteiger partial charge in [-0.25, -0.2) is 8.42 Å². The summed E-state index contributed by atoms with van der Waals surface area (Å²) >= 11 is 3.35. The smallest absolute Gasteiger partial charge is 0.246 e. The molecule has 3 aromatic rings. The van der Waals surface area contributed by atoms with E-state index in [2.05, 4.69) is 63.1 Å². The summed E-state index contributed by atoms with van der Waals surface area (Å²) in [6, 6.07) is 15.2. The molecule has 0 atom stereocenters. The maximum Gasteiger partial charge on any atom is 0.246 e. The van der Waals surface area contributed by atoms with Crippen molar-refractivity contribution in [3.63, 3.8) is 0 Å². The average molecular weight is 517 g/mol. The van der Waals surface area contributed by atoms with Crippen molar-refractivity contribution in [1.82, 2.24) is 14.5 Å². The minimum atomic E-state index is -3.67. The van der Waals surface area contributed by atoms with E-state index in [9.17, 15) is 8.42 Å². The fourth-order valence-electron chi connectivity index (χ4n) is 3.89. The van der Waals surface area contributed by atoms with Crippen LogP contribution < -0.4 is 9.64 Å². The molecule has 0 aliphatic carbocycles. The summed E-state index contributed by atoms with van der Waals surface area (Å²) in [5, 5.41) is 8.83. The van der Waals surface area contributed by atoms with Gasteiger partial charge in [0.15, 0.2) is 5.82 Å². The van der Waals surface area contributed by atoms with E-state index in [-0.39, 0.29) is 4.90 Å². The molecule has 168 valence electrons. The number of sulfonamides is 1. The van der Waals surface area contributed by atoms with Crippen molar-refractivity contribution in [2.75, 3.05) is 38.2 Å². The topological polar surface area (TPSA) is 75.6 Å². The van der Waals surface area contributed by atoms with Crippen LogP contribution in [0.4, 0.5) is 5.82 Å². The number of aryl methyl sites for hydroxylation is 2. The second kappa shape index (κ2) is 9.17. The predicted molar refractivity (Wildman–Crippen MR) is 129 cm³/mol. The Morgan fingerprint density at radius 3 is 2.31 bits per heavy atom. The summed E-state index contributed by atoms with van der Waals surface area (Å²) in [7, 11) is -2.20. The largest absolute Gasteiger partial charge is 0.495 e. The summed E-state index contributed by atoms with van der Waals surface area (Å²) in [4.78, 5) is 2.23. The number of halogens is 1. The first-order valence-corrected chi connectivity index (χ1v) is 12.5. The Morgan fingerprint density at radius 2 is 1.69 bits per heavy atom. The number of nitrogens with zero attached hydrogens (tertiary/aromatic N) is 4. The molecular formula is C23H25BrN4O3S. The standard InChI is InChI=1S/C23H25BrN4O3S/c1-16-4-6-19(17(2)14-16)20-7-9-23(26-25-20)27-10-12-28(13-11-27)32(29,30)22-15-18(24)5-8-21(22)31-3/h4-9,14-15H,10-13H2,1-3H3. The minimum absolute atomic E-state index is 0.167. The number of rotatable bonds is 5. The molecule has 2 aromatic carbocycles. The van der Waals surface area contributed by atoms with E-state index in [1.165, 1.54) is 17.0 Å². The Bertz CT molecular complexity index is 1220. The van der Waals surface area contributed by atoms with E-state index >= 15 is 0 Å². The van der Waals surface area contributed by atoms with Crippen molar-refractivity contribution in [3.8, 4) is 17.0 Å². The van der Waals surface area contributed by atoms with Gasteiger partial charge in [0.1, 0.15) is 10.6 Å². The highest BCUT2D eigenvalue weighted by molar-refractivity contribution is 9.10. The van der Waals surface area contributed by atoms with Gasteiger partial charge in [0, 0.05) is 36.2 Å². The van der Waals surface area contributed by atoms with Gasteiger partial charge < -0.3 is 9.64 Å². The van der Waals surface area contributed by atoms with E-state index in [4.69, 9.17) is 4.74 Å². The first-order chi connectivity index (χ1) is 15.3. The first kappa shape index (κ1) is 22.7. The number of ether oxygens (including phenoxy) is 1. The third-order valence-corrected chi connectivity index (χ3v) is 8.03. The molecule has 32 heavy (non-hydrogen) atoms.